The first kappa shape index (κ1) is 13.8. The Morgan fingerprint density at radius 3 is 2.89 bits per heavy atom. The van der Waals surface area contributed by atoms with Gasteiger partial charge in [-0.05, 0) is 51.6 Å². The van der Waals surface area contributed by atoms with Gasteiger partial charge in [-0.2, -0.15) is 0 Å². The Hall–Kier alpha value is -0.610. The first-order valence-electron chi connectivity index (χ1n) is 7.30. The molecular formula is C14H26N2O2. The van der Waals surface area contributed by atoms with Gasteiger partial charge in [-0.25, -0.2) is 0 Å². The van der Waals surface area contributed by atoms with Gasteiger partial charge in [0.1, 0.15) is 6.10 Å². The van der Waals surface area contributed by atoms with Gasteiger partial charge in [0.15, 0.2) is 0 Å². The Morgan fingerprint density at radius 2 is 2.22 bits per heavy atom. The summed E-state index contributed by atoms with van der Waals surface area (Å²) in [6, 6.07) is 0.412. The zero-order valence-electron chi connectivity index (χ0n) is 11.7. The van der Waals surface area contributed by atoms with E-state index in [1.54, 1.807) is 0 Å². The maximum absolute atomic E-state index is 12.6. The number of likely N-dealkylation sites (tertiary alicyclic amines) is 1. The van der Waals surface area contributed by atoms with Crippen molar-refractivity contribution in [2.75, 3.05) is 26.7 Å². The Morgan fingerprint density at radius 1 is 1.39 bits per heavy atom. The quantitative estimate of drug-likeness (QED) is 0.824. The molecule has 4 heteroatoms. The lowest BCUT2D eigenvalue weighted by Gasteiger charge is -2.37. The molecule has 2 saturated heterocycles. The first-order chi connectivity index (χ1) is 8.74. The summed E-state index contributed by atoms with van der Waals surface area (Å²) in [7, 11) is 1.97. The molecule has 0 aliphatic carbocycles. The van der Waals surface area contributed by atoms with Crippen LogP contribution in [0.3, 0.4) is 0 Å². The van der Waals surface area contributed by atoms with Crippen molar-refractivity contribution in [2.45, 2.75) is 51.2 Å². The maximum atomic E-state index is 12.6. The minimum absolute atomic E-state index is 0.180. The lowest BCUT2D eigenvalue weighted by atomic mass is 9.96. The Bertz CT molecular complexity index is 283. The molecule has 104 valence electrons. The number of carbonyl (C=O) groups is 1. The molecule has 4 nitrogen and oxygen atoms in total. The van der Waals surface area contributed by atoms with Gasteiger partial charge in [0, 0.05) is 19.2 Å². The maximum Gasteiger partial charge on any atom is 0.252 e. The second-order valence-corrected chi connectivity index (χ2v) is 5.63. The molecule has 0 aromatic rings. The van der Waals surface area contributed by atoms with Crippen LogP contribution in [-0.4, -0.2) is 49.7 Å². The van der Waals surface area contributed by atoms with Crippen molar-refractivity contribution in [1.29, 1.82) is 0 Å². The number of hydrogen-bond donors (Lipinski definition) is 1. The van der Waals surface area contributed by atoms with Crippen LogP contribution in [0, 0.1) is 5.92 Å². The molecule has 3 unspecified atom stereocenters. The fraction of sp³-hybridized carbons (Fsp3) is 0.929. The fourth-order valence-electron chi connectivity index (χ4n) is 3.08. The topological polar surface area (TPSA) is 41.6 Å². The summed E-state index contributed by atoms with van der Waals surface area (Å²) in [5.74, 6) is 0.616. The highest BCUT2D eigenvalue weighted by Crippen LogP contribution is 2.26. The van der Waals surface area contributed by atoms with Gasteiger partial charge in [-0.15, -0.1) is 0 Å². The van der Waals surface area contributed by atoms with Gasteiger partial charge in [0.2, 0.25) is 0 Å². The van der Waals surface area contributed by atoms with Crippen LogP contribution in [0.5, 0.6) is 0 Å². The van der Waals surface area contributed by atoms with Gasteiger partial charge in [-0.1, -0.05) is 6.92 Å². The number of piperidine rings is 1. The fourth-order valence-corrected chi connectivity index (χ4v) is 3.08. The van der Waals surface area contributed by atoms with E-state index in [0.717, 1.165) is 45.4 Å². The Kier molecular flexibility index (Phi) is 5.01. The number of hydrogen-bond acceptors (Lipinski definition) is 3. The average Bonchev–Trinajstić information content (AvgIpc) is 2.82. The normalized spacial score (nSPS) is 32.8. The molecule has 18 heavy (non-hydrogen) atoms. The molecule has 2 fully saturated rings. The van der Waals surface area contributed by atoms with Gasteiger partial charge in [-0.3, -0.25) is 4.79 Å². The number of amides is 1. The summed E-state index contributed by atoms with van der Waals surface area (Å²) >= 11 is 0. The van der Waals surface area contributed by atoms with E-state index in [0.29, 0.717) is 12.0 Å². The summed E-state index contributed by atoms with van der Waals surface area (Å²) in [6.07, 6.45) is 5.44. The summed E-state index contributed by atoms with van der Waals surface area (Å²) in [6.45, 7) is 4.77. The van der Waals surface area contributed by atoms with Crippen molar-refractivity contribution < 1.29 is 9.53 Å². The van der Waals surface area contributed by atoms with Crippen molar-refractivity contribution in [3.05, 3.63) is 0 Å². The van der Waals surface area contributed by atoms with Crippen molar-refractivity contribution in [3.8, 4) is 0 Å². The van der Waals surface area contributed by atoms with Crippen LogP contribution in [0.25, 0.3) is 0 Å². The summed E-state index contributed by atoms with van der Waals surface area (Å²) in [5.41, 5.74) is 0. The van der Waals surface area contributed by atoms with Gasteiger partial charge in [0.05, 0.1) is 0 Å². The van der Waals surface area contributed by atoms with Crippen LogP contribution in [0.4, 0.5) is 0 Å². The number of carbonyl (C=O) groups excluding carboxylic acids is 1. The van der Waals surface area contributed by atoms with Gasteiger partial charge in [0.25, 0.3) is 5.91 Å². The van der Waals surface area contributed by atoms with Gasteiger partial charge >= 0.3 is 0 Å². The van der Waals surface area contributed by atoms with Crippen LogP contribution < -0.4 is 5.32 Å². The van der Waals surface area contributed by atoms with E-state index in [4.69, 9.17) is 4.74 Å². The Balaban J connectivity index is 1.96. The van der Waals surface area contributed by atoms with Crippen molar-refractivity contribution in [2.24, 2.45) is 5.92 Å². The lowest BCUT2D eigenvalue weighted by molar-refractivity contribution is -0.146. The molecule has 1 N–H and O–H groups in total. The van der Waals surface area contributed by atoms with E-state index in [1.165, 1.54) is 6.42 Å². The van der Waals surface area contributed by atoms with Crippen molar-refractivity contribution in [3.63, 3.8) is 0 Å². The standard InChI is InChI=1S/C14H26N2O2/c1-11-7-10-18-13(11)14(17)16-9-4-3-5-12(16)6-8-15-2/h11-13,15H,3-10H2,1-2H3. The molecule has 2 heterocycles. The number of ether oxygens (including phenoxy) is 1. The molecule has 0 spiro atoms. The zero-order valence-corrected chi connectivity index (χ0v) is 11.7. The highest BCUT2D eigenvalue weighted by molar-refractivity contribution is 5.82. The second kappa shape index (κ2) is 6.53. The molecule has 2 aliphatic rings. The van der Waals surface area contributed by atoms with Gasteiger partial charge < -0.3 is 15.0 Å². The smallest absolute Gasteiger partial charge is 0.252 e. The van der Waals surface area contributed by atoms with E-state index < -0.39 is 0 Å². The predicted molar refractivity (Wildman–Crippen MR) is 71.4 cm³/mol. The van der Waals surface area contributed by atoms with Crippen LogP contribution in [0.15, 0.2) is 0 Å². The van der Waals surface area contributed by atoms with Crippen molar-refractivity contribution >= 4 is 5.91 Å². The molecule has 2 rings (SSSR count). The average molecular weight is 254 g/mol. The molecule has 1 amide bonds. The highest BCUT2D eigenvalue weighted by Gasteiger charge is 2.37. The molecule has 0 bridgehead atoms. The molecule has 3 atom stereocenters. The zero-order chi connectivity index (χ0) is 13.0. The van der Waals surface area contributed by atoms with E-state index in [1.807, 2.05) is 7.05 Å². The van der Waals surface area contributed by atoms with Crippen LogP contribution in [0.2, 0.25) is 0 Å². The molecular weight excluding hydrogens is 228 g/mol. The summed E-state index contributed by atoms with van der Waals surface area (Å²) < 4.78 is 5.63. The highest BCUT2D eigenvalue weighted by atomic mass is 16.5. The van der Waals surface area contributed by atoms with E-state index >= 15 is 0 Å². The predicted octanol–water partition coefficient (Wildman–Crippen LogP) is 1.40. The minimum atomic E-state index is -0.180. The molecule has 2 aliphatic heterocycles. The third-order valence-electron chi connectivity index (χ3n) is 4.27. The monoisotopic (exact) mass is 254 g/mol. The first-order valence-corrected chi connectivity index (χ1v) is 7.30. The number of rotatable bonds is 4. The molecule has 0 aromatic carbocycles. The van der Waals surface area contributed by atoms with E-state index in [-0.39, 0.29) is 12.0 Å². The van der Waals surface area contributed by atoms with Crippen LogP contribution in [0.1, 0.15) is 39.0 Å². The van der Waals surface area contributed by atoms with E-state index in [2.05, 4.69) is 17.1 Å². The van der Waals surface area contributed by atoms with Crippen LogP contribution >= 0.6 is 0 Å². The summed E-state index contributed by atoms with van der Waals surface area (Å²) in [5, 5.41) is 3.18. The molecule has 0 saturated carbocycles. The largest absolute Gasteiger partial charge is 0.368 e. The third-order valence-corrected chi connectivity index (χ3v) is 4.27. The summed E-state index contributed by atoms with van der Waals surface area (Å²) in [4.78, 5) is 14.7. The third kappa shape index (κ3) is 3.04. The van der Waals surface area contributed by atoms with Crippen molar-refractivity contribution in [1.82, 2.24) is 10.2 Å². The SMILES string of the molecule is CNCCC1CCCCN1C(=O)C1OCCC1C. The minimum Gasteiger partial charge on any atom is -0.368 e. The second-order valence-electron chi connectivity index (χ2n) is 5.63. The van der Waals surface area contributed by atoms with Crippen LogP contribution in [-0.2, 0) is 9.53 Å². The lowest BCUT2D eigenvalue weighted by Crippen LogP contribution is -2.49. The number of nitrogens with zero attached hydrogens (tertiary/aromatic N) is 1. The molecule has 0 aromatic heterocycles. The molecule has 0 radical (unpaired) electrons. The van der Waals surface area contributed by atoms with E-state index in [9.17, 15) is 4.79 Å². The Labute approximate surface area is 110 Å². The number of nitrogens with one attached hydrogen (secondary N) is 1.